The van der Waals surface area contributed by atoms with Crippen LogP contribution >= 0.6 is 0 Å². The summed E-state index contributed by atoms with van der Waals surface area (Å²) >= 11 is 0. The van der Waals surface area contributed by atoms with Crippen LogP contribution in [0.4, 0.5) is 0 Å². The number of methoxy groups -OCH3 is 1. The number of carbonyl (C=O) groups excluding carboxylic acids is 2. The van der Waals surface area contributed by atoms with E-state index in [1.807, 2.05) is 84.9 Å². The minimum absolute atomic E-state index is 0.0219. The van der Waals surface area contributed by atoms with E-state index in [2.05, 4.69) is 5.32 Å². The van der Waals surface area contributed by atoms with Gasteiger partial charge in [0.05, 0.1) is 7.11 Å². The maximum atomic E-state index is 13.8. The van der Waals surface area contributed by atoms with Gasteiger partial charge in [-0.05, 0) is 48.1 Å². The first-order valence-corrected chi connectivity index (χ1v) is 13.4. The predicted molar refractivity (Wildman–Crippen MR) is 147 cm³/mol. The summed E-state index contributed by atoms with van der Waals surface area (Å²) in [6.07, 6.45) is 6.95. The van der Waals surface area contributed by atoms with Crippen molar-refractivity contribution < 1.29 is 14.3 Å². The summed E-state index contributed by atoms with van der Waals surface area (Å²) < 4.78 is 5.42. The molecular formula is C32H38N2O3. The van der Waals surface area contributed by atoms with Crippen LogP contribution in [0, 0.1) is 0 Å². The zero-order chi connectivity index (χ0) is 25.9. The molecule has 37 heavy (non-hydrogen) atoms. The highest BCUT2D eigenvalue weighted by molar-refractivity contribution is 5.88. The van der Waals surface area contributed by atoms with Gasteiger partial charge in [-0.15, -0.1) is 0 Å². The number of nitrogens with zero attached hydrogens (tertiary/aromatic N) is 1. The van der Waals surface area contributed by atoms with E-state index < -0.39 is 6.04 Å². The Hall–Kier alpha value is -3.60. The van der Waals surface area contributed by atoms with Gasteiger partial charge >= 0.3 is 0 Å². The minimum Gasteiger partial charge on any atom is -0.497 e. The van der Waals surface area contributed by atoms with Crippen molar-refractivity contribution in [2.45, 2.75) is 70.0 Å². The Morgan fingerprint density at radius 1 is 0.865 bits per heavy atom. The Bertz CT molecular complexity index is 1130. The molecule has 1 aliphatic carbocycles. The molecule has 2 amide bonds. The summed E-state index contributed by atoms with van der Waals surface area (Å²) in [5.74, 6) is 0.651. The molecule has 0 aliphatic heterocycles. The lowest BCUT2D eigenvalue weighted by Crippen LogP contribution is -2.52. The van der Waals surface area contributed by atoms with Crippen molar-refractivity contribution in [3.8, 4) is 5.75 Å². The van der Waals surface area contributed by atoms with Gasteiger partial charge in [-0.3, -0.25) is 9.59 Å². The zero-order valence-corrected chi connectivity index (χ0v) is 21.8. The average molecular weight is 499 g/mol. The molecule has 1 saturated carbocycles. The molecule has 1 atom stereocenters. The summed E-state index contributed by atoms with van der Waals surface area (Å²) in [5.41, 5.74) is 3.09. The molecule has 1 aliphatic rings. The van der Waals surface area contributed by atoms with Crippen molar-refractivity contribution in [1.82, 2.24) is 10.2 Å². The Kier molecular flexibility index (Phi) is 9.75. The summed E-state index contributed by atoms with van der Waals surface area (Å²) in [6, 6.07) is 27.3. The Balaban J connectivity index is 1.61. The maximum absolute atomic E-state index is 13.8. The molecule has 0 aromatic heterocycles. The van der Waals surface area contributed by atoms with E-state index in [-0.39, 0.29) is 17.9 Å². The zero-order valence-electron chi connectivity index (χ0n) is 21.8. The lowest BCUT2D eigenvalue weighted by molar-refractivity contribution is -0.141. The molecule has 0 bridgehead atoms. The number of carbonyl (C=O) groups is 2. The number of ether oxygens (including phenoxy) is 1. The molecule has 0 radical (unpaired) electrons. The van der Waals surface area contributed by atoms with Crippen molar-refractivity contribution in [3.05, 3.63) is 102 Å². The summed E-state index contributed by atoms with van der Waals surface area (Å²) in [6.45, 7) is 0.348. The molecule has 0 saturated heterocycles. The molecule has 3 aromatic carbocycles. The van der Waals surface area contributed by atoms with Crippen molar-refractivity contribution in [1.29, 1.82) is 0 Å². The number of aryl methyl sites for hydroxylation is 1. The first kappa shape index (κ1) is 26.5. The number of nitrogens with one attached hydrogen (secondary N) is 1. The highest BCUT2D eigenvalue weighted by atomic mass is 16.5. The highest BCUT2D eigenvalue weighted by Gasteiger charge is 2.31. The molecule has 0 spiro atoms. The van der Waals surface area contributed by atoms with E-state index >= 15 is 0 Å². The normalized spacial score (nSPS) is 14.5. The fourth-order valence-electron chi connectivity index (χ4n) is 5.11. The number of hydrogen-bond acceptors (Lipinski definition) is 3. The van der Waals surface area contributed by atoms with Crippen LogP contribution in [0.3, 0.4) is 0 Å². The van der Waals surface area contributed by atoms with Crippen LogP contribution < -0.4 is 10.1 Å². The Morgan fingerprint density at radius 3 is 2.19 bits per heavy atom. The van der Waals surface area contributed by atoms with E-state index in [0.29, 0.717) is 25.8 Å². The number of amides is 2. The van der Waals surface area contributed by atoms with Gasteiger partial charge in [-0.2, -0.15) is 0 Å². The van der Waals surface area contributed by atoms with Crippen LogP contribution in [-0.2, 0) is 29.0 Å². The molecule has 1 unspecified atom stereocenters. The molecule has 1 N–H and O–H groups in total. The third kappa shape index (κ3) is 7.94. The maximum Gasteiger partial charge on any atom is 0.243 e. The second kappa shape index (κ2) is 13.6. The third-order valence-electron chi connectivity index (χ3n) is 7.18. The third-order valence-corrected chi connectivity index (χ3v) is 7.18. The van der Waals surface area contributed by atoms with E-state index in [1.54, 1.807) is 12.0 Å². The number of rotatable bonds is 11. The van der Waals surface area contributed by atoms with Gasteiger partial charge in [0.2, 0.25) is 11.8 Å². The van der Waals surface area contributed by atoms with Gasteiger partial charge in [0.15, 0.2) is 0 Å². The van der Waals surface area contributed by atoms with Gasteiger partial charge in [0.1, 0.15) is 11.8 Å². The molecule has 1 fully saturated rings. The standard InChI is InChI=1S/C32H38N2O3/c1-37-29-19-11-16-27(22-29)24-34(31(35)21-20-25-12-5-2-6-13-25)30(23-26-14-7-3-8-15-26)32(36)33-28-17-9-4-10-18-28/h2-3,5-8,11-16,19,22,28,30H,4,9-10,17-18,20-21,23-24H2,1H3,(H,33,36). The van der Waals surface area contributed by atoms with Crippen LogP contribution in [0.25, 0.3) is 0 Å². The fraction of sp³-hybridized carbons (Fsp3) is 0.375. The fourth-order valence-corrected chi connectivity index (χ4v) is 5.11. The highest BCUT2D eigenvalue weighted by Crippen LogP contribution is 2.22. The molecular weight excluding hydrogens is 460 g/mol. The molecule has 4 rings (SSSR count). The van der Waals surface area contributed by atoms with Crippen molar-refractivity contribution in [2.75, 3.05) is 7.11 Å². The summed E-state index contributed by atoms with van der Waals surface area (Å²) in [4.78, 5) is 29.4. The van der Waals surface area contributed by atoms with Gasteiger partial charge in [-0.25, -0.2) is 0 Å². The first-order chi connectivity index (χ1) is 18.1. The van der Waals surface area contributed by atoms with Gasteiger partial charge in [0, 0.05) is 25.4 Å². The van der Waals surface area contributed by atoms with Crippen molar-refractivity contribution in [3.63, 3.8) is 0 Å². The topological polar surface area (TPSA) is 58.6 Å². The lowest BCUT2D eigenvalue weighted by atomic mass is 9.94. The molecule has 3 aromatic rings. The second-order valence-electron chi connectivity index (χ2n) is 9.91. The van der Waals surface area contributed by atoms with Crippen LogP contribution in [0.1, 0.15) is 55.2 Å². The Labute approximate surface area is 220 Å². The van der Waals surface area contributed by atoms with Gasteiger partial charge < -0.3 is 15.0 Å². The molecule has 0 heterocycles. The lowest BCUT2D eigenvalue weighted by Gasteiger charge is -2.33. The van der Waals surface area contributed by atoms with Gasteiger partial charge in [0.25, 0.3) is 0 Å². The molecule has 5 nitrogen and oxygen atoms in total. The largest absolute Gasteiger partial charge is 0.497 e. The molecule has 194 valence electrons. The van der Waals surface area contributed by atoms with Crippen molar-refractivity contribution in [2.24, 2.45) is 0 Å². The van der Waals surface area contributed by atoms with Crippen LogP contribution in [0.5, 0.6) is 5.75 Å². The van der Waals surface area contributed by atoms with Crippen LogP contribution in [-0.4, -0.2) is 35.9 Å². The Morgan fingerprint density at radius 2 is 1.51 bits per heavy atom. The van der Waals surface area contributed by atoms with Crippen molar-refractivity contribution >= 4 is 11.8 Å². The SMILES string of the molecule is COc1cccc(CN(C(=O)CCc2ccccc2)C(Cc2ccccc2)C(=O)NC2CCCCC2)c1. The van der Waals surface area contributed by atoms with Crippen LogP contribution in [0.15, 0.2) is 84.9 Å². The smallest absolute Gasteiger partial charge is 0.243 e. The van der Waals surface area contributed by atoms with E-state index in [4.69, 9.17) is 4.74 Å². The number of benzene rings is 3. The molecule has 5 heteroatoms. The minimum atomic E-state index is -0.598. The monoisotopic (exact) mass is 498 g/mol. The predicted octanol–water partition coefficient (Wildman–Crippen LogP) is 5.72. The van der Waals surface area contributed by atoms with E-state index in [9.17, 15) is 9.59 Å². The quantitative estimate of drug-likeness (QED) is 0.368. The average Bonchev–Trinajstić information content (AvgIpc) is 2.95. The van der Waals surface area contributed by atoms with Gasteiger partial charge in [-0.1, -0.05) is 92.1 Å². The second-order valence-corrected chi connectivity index (χ2v) is 9.91. The number of hydrogen-bond donors (Lipinski definition) is 1. The summed E-state index contributed by atoms with van der Waals surface area (Å²) in [7, 11) is 1.64. The van der Waals surface area contributed by atoms with Crippen LogP contribution in [0.2, 0.25) is 0 Å². The summed E-state index contributed by atoms with van der Waals surface area (Å²) in [5, 5.41) is 3.30. The first-order valence-electron chi connectivity index (χ1n) is 13.4. The van der Waals surface area contributed by atoms with E-state index in [0.717, 1.165) is 48.1 Å². The van der Waals surface area contributed by atoms with E-state index in [1.165, 1.54) is 6.42 Å².